The number of carbonyl (C=O) groups excluding carboxylic acids is 2. The number of carboxylic acid groups (broad SMARTS) is 1. The average molecular weight is 391 g/mol. The molecule has 2 rings (SSSR count). The first-order valence-electron chi connectivity index (χ1n) is 8.13. The summed E-state index contributed by atoms with van der Waals surface area (Å²) in [6, 6.07) is 12.4. The lowest BCUT2D eigenvalue weighted by molar-refractivity contribution is -0.307. The quantitative estimate of drug-likeness (QED) is 0.689. The van der Waals surface area contributed by atoms with Gasteiger partial charge in [-0.05, 0) is 43.2 Å². The number of anilines is 1. The third-order valence-corrected chi connectivity index (χ3v) is 5.04. The van der Waals surface area contributed by atoms with Gasteiger partial charge in [-0.2, -0.15) is 0 Å². The second-order valence-electron chi connectivity index (χ2n) is 5.55. The molecule has 2 aromatic rings. The molecule has 0 radical (unpaired) electrons. The molecule has 2 aromatic carbocycles. The van der Waals surface area contributed by atoms with Crippen LogP contribution in [-0.2, 0) is 26.0 Å². The first kappa shape index (κ1) is 20.4. The zero-order valence-electron chi connectivity index (χ0n) is 14.5. The Bertz CT molecular complexity index is 882. The van der Waals surface area contributed by atoms with Gasteiger partial charge in [0.25, 0.3) is 0 Å². The molecule has 0 aliphatic heterocycles. The Hall–Kier alpha value is -2.91. The van der Waals surface area contributed by atoms with Crippen molar-refractivity contribution in [1.82, 2.24) is 4.72 Å². The molecule has 0 aromatic heterocycles. The Balaban J connectivity index is 2.11. The molecular formula is C18H19N2O6S-. The number of sulfonamides is 1. The van der Waals surface area contributed by atoms with E-state index >= 15 is 0 Å². The SMILES string of the molecule is CCOC(=O)Nc1ccc(S(=O)(=O)N[C@H](Cc2ccccc2)C(=O)[O-])cc1. The lowest BCUT2D eigenvalue weighted by atomic mass is 10.1. The summed E-state index contributed by atoms with van der Waals surface area (Å²) in [5.74, 6) is -1.52. The molecule has 0 bridgehead atoms. The van der Waals surface area contributed by atoms with Crippen LogP contribution in [0.3, 0.4) is 0 Å². The molecule has 27 heavy (non-hydrogen) atoms. The van der Waals surface area contributed by atoms with Gasteiger partial charge >= 0.3 is 6.09 Å². The number of benzene rings is 2. The molecule has 0 fully saturated rings. The normalized spacial score (nSPS) is 12.2. The molecule has 2 N–H and O–H groups in total. The first-order valence-corrected chi connectivity index (χ1v) is 9.61. The summed E-state index contributed by atoms with van der Waals surface area (Å²) in [4.78, 5) is 22.6. The van der Waals surface area contributed by atoms with Gasteiger partial charge in [0.15, 0.2) is 0 Å². The lowest BCUT2D eigenvalue weighted by Gasteiger charge is -2.20. The third kappa shape index (κ3) is 6.08. The summed E-state index contributed by atoms with van der Waals surface area (Å²) in [5, 5.41) is 13.8. The minimum Gasteiger partial charge on any atom is -0.548 e. The van der Waals surface area contributed by atoms with E-state index in [1.165, 1.54) is 24.3 Å². The van der Waals surface area contributed by atoms with E-state index in [1.807, 2.05) is 0 Å². The van der Waals surface area contributed by atoms with Crippen molar-refractivity contribution in [2.75, 3.05) is 11.9 Å². The molecule has 144 valence electrons. The molecule has 0 saturated carbocycles. The van der Waals surface area contributed by atoms with Gasteiger partial charge in [0.2, 0.25) is 10.0 Å². The Morgan fingerprint density at radius 3 is 2.26 bits per heavy atom. The second kappa shape index (κ2) is 9.15. The van der Waals surface area contributed by atoms with Gasteiger partial charge in [-0.3, -0.25) is 5.32 Å². The number of carbonyl (C=O) groups is 2. The summed E-state index contributed by atoms with van der Waals surface area (Å²) >= 11 is 0. The summed E-state index contributed by atoms with van der Waals surface area (Å²) in [5.41, 5.74) is 0.997. The zero-order valence-corrected chi connectivity index (χ0v) is 15.4. The van der Waals surface area contributed by atoms with Crippen molar-refractivity contribution in [2.45, 2.75) is 24.3 Å². The number of amides is 1. The molecule has 9 heteroatoms. The van der Waals surface area contributed by atoms with Crippen LogP contribution in [0.4, 0.5) is 10.5 Å². The summed E-state index contributed by atoms with van der Waals surface area (Å²) in [7, 11) is -4.09. The first-order chi connectivity index (χ1) is 12.8. The largest absolute Gasteiger partial charge is 0.548 e. The highest BCUT2D eigenvalue weighted by Gasteiger charge is 2.21. The zero-order chi connectivity index (χ0) is 19.9. The number of ether oxygens (including phenoxy) is 1. The van der Waals surface area contributed by atoms with Crippen LogP contribution in [0.15, 0.2) is 59.5 Å². The number of rotatable bonds is 8. The van der Waals surface area contributed by atoms with Crippen LogP contribution in [0, 0.1) is 0 Å². The summed E-state index contributed by atoms with van der Waals surface area (Å²) in [6.07, 6.45) is -0.712. The average Bonchev–Trinajstić information content (AvgIpc) is 2.62. The number of nitrogens with one attached hydrogen (secondary N) is 2. The van der Waals surface area contributed by atoms with Crippen molar-refractivity contribution in [3.63, 3.8) is 0 Å². The molecule has 0 unspecified atom stereocenters. The number of hydrogen-bond acceptors (Lipinski definition) is 6. The smallest absolute Gasteiger partial charge is 0.411 e. The van der Waals surface area contributed by atoms with E-state index in [1.54, 1.807) is 37.3 Å². The monoisotopic (exact) mass is 391 g/mol. The van der Waals surface area contributed by atoms with E-state index in [9.17, 15) is 23.1 Å². The predicted molar refractivity (Wildman–Crippen MR) is 96.3 cm³/mol. The van der Waals surface area contributed by atoms with Crippen LogP contribution in [0.25, 0.3) is 0 Å². The van der Waals surface area contributed by atoms with Crippen LogP contribution in [-0.4, -0.2) is 33.1 Å². The predicted octanol–water partition coefficient (Wildman–Crippen LogP) is 0.894. The maximum atomic E-state index is 12.5. The van der Waals surface area contributed by atoms with Crippen molar-refractivity contribution in [2.24, 2.45) is 0 Å². The molecule has 0 aliphatic carbocycles. The molecule has 0 heterocycles. The van der Waals surface area contributed by atoms with E-state index in [0.717, 1.165) is 0 Å². The topological polar surface area (TPSA) is 125 Å². The van der Waals surface area contributed by atoms with E-state index in [-0.39, 0.29) is 17.9 Å². The van der Waals surface area contributed by atoms with Crippen LogP contribution in [0.2, 0.25) is 0 Å². The molecule has 0 aliphatic rings. The van der Waals surface area contributed by atoms with Crippen molar-refractivity contribution < 1.29 is 27.9 Å². The van der Waals surface area contributed by atoms with Gasteiger partial charge in [0.05, 0.1) is 23.5 Å². The highest BCUT2D eigenvalue weighted by Crippen LogP contribution is 2.15. The molecule has 1 atom stereocenters. The highest BCUT2D eigenvalue weighted by atomic mass is 32.2. The number of carboxylic acids is 1. The van der Waals surface area contributed by atoms with Gasteiger partial charge < -0.3 is 14.6 Å². The fourth-order valence-corrected chi connectivity index (χ4v) is 3.47. The fraction of sp³-hybridized carbons (Fsp3) is 0.222. The van der Waals surface area contributed by atoms with Crippen molar-refractivity contribution >= 4 is 27.8 Å². The fourth-order valence-electron chi connectivity index (χ4n) is 2.28. The maximum Gasteiger partial charge on any atom is 0.411 e. The van der Waals surface area contributed by atoms with Crippen molar-refractivity contribution in [1.29, 1.82) is 0 Å². The van der Waals surface area contributed by atoms with Gasteiger partial charge in [-0.25, -0.2) is 17.9 Å². The third-order valence-electron chi connectivity index (χ3n) is 3.55. The van der Waals surface area contributed by atoms with Crippen LogP contribution < -0.4 is 15.1 Å². The molecule has 0 spiro atoms. The van der Waals surface area contributed by atoms with E-state index < -0.39 is 28.1 Å². The van der Waals surface area contributed by atoms with Crippen molar-refractivity contribution in [3.05, 3.63) is 60.2 Å². The lowest BCUT2D eigenvalue weighted by Crippen LogP contribution is -2.49. The maximum absolute atomic E-state index is 12.5. The summed E-state index contributed by atoms with van der Waals surface area (Å²) in [6.45, 7) is 1.86. The Kier molecular flexibility index (Phi) is 6.91. The molecular weight excluding hydrogens is 372 g/mol. The highest BCUT2D eigenvalue weighted by molar-refractivity contribution is 7.89. The van der Waals surface area contributed by atoms with Crippen LogP contribution in [0.1, 0.15) is 12.5 Å². The number of hydrogen-bond donors (Lipinski definition) is 2. The van der Waals surface area contributed by atoms with E-state index in [0.29, 0.717) is 11.3 Å². The Morgan fingerprint density at radius 2 is 1.70 bits per heavy atom. The van der Waals surface area contributed by atoms with Gasteiger partial charge in [0, 0.05) is 5.69 Å². The van der Waals surface area contributed by atoms with E-state index in [4.69, 9.17) is 4.74 Å². The molecule has 0 saturated heterocycles. The number of aliphatic carboxylic acids is 1. The van der Waals surface area contributed by atoms with Gasteiger partial charge in [-0.1, -0.05) is 30.3 Å². The Labute approximate surface area is 157 Å². The minimum absolute atomic E-state index is 0.0507. The standard InChI is InChI=1S/C18H20N2O6S/c1-2-26-18(23)19-14-8-10-15(11-9-14)27(24,25)20-16(17(21)22)12-13-6-4-3-5-7-13/h3-11,16,20H,2,12H2,1H3,(H,19,23)(H,21,22)/p-1/t16-/m1/s1. The molecule has 1 amide bonds. The molecule has 8 nitrogen and oxygen atoms in total. The summed E-state index contributed by atoms with van der Waals surface area (Å²) < 4.78 is 31.8. The van der Waals surface area contributed by atoms with Gasteiger partial charge in [-0.15, -0.1) is 0 Å². The van der Waals surface area contributed by atoms with Crippen molar-refractivity contribution in [3.8, 4) is 0 Å². The van der Waals surface area contributed by atoms with Crippen LogP contribution >= 0.6 is 0 Å². The minimum atomic E-state index is -4.09. The van der Waals surface area contributed by atoms with Gasteiger partial charge in [0.1, 0.15) is 0 Å². The Morgan fingerprint density at radius 1 is 1.07 bits per heavy atom. The second-order valence-corrected chi connectivity index (χ2v) is 7.27. The van der Waals surface area contributed by atoms with Crippen LogP contribution in [0.5, 0.6) is 0 Å². The van der Waals surface area contributed by atoms with E-state index in [2.05, 4.69) is 10.0 Å².